The molecule has 1 aromatic rings. The molecule has 0 aromatic heterocycles. The van der Waals surface area contributed by atoms with Crippen LogP contribution in [0.25, 0.3) is 0 Å². The summed E-state index contributed by atoms with van der Waals surface area (Å²) in [5.74, 6) is 0. The fraction of sp³-hybridized carbons (Fsp3) is 0.538. The maximum Gasteiger partial charge on any atom is 0.0887 e. The SMILES string of the molecule is CCC1OC(C)(C)c2cccc(C)c21. The Labute approximate surface area is 86.1 Å². The summed E-state index contributed by atoms with van der Waals surface area (Å²) in [6.45, 7) is 8.66. The highest BCUT2D eigenvalue weighted by Gasteiger charge is 2.37. The largest absolute Gasteiger partial charge is 0.363 e. The maximum atomic E-state index is 6.05. The second-order valence-corrected chi connectivity index (χ2v) is 4.56. The van der Waals surface area contributed by atoms with Crippen LogP contribution in [0.15, 0.2) is 18.2 Å². The molecule has 0 N–H and O–H groups in total. The first-order chi connectivity index (χ1) is 6.56. The second kappa shape index (κ2) is 3.09. The average Bonchev–Trinajstić information content (AvgIpc) is 2.40. The van der Waals surface area contributed by atoms with Crippen LogP contribution in [0.1, 0.15) is 50.0 Å². The average molecular weight is 190 g/mol. The second-order valence-electron chi connectivity index (χ2n) is 4.56. The monoisotopic (exact) mass is 190 g/mol. The summed E-state index contributed by atoms with van der Waals surface area (Å²) in [6.07, 6.45) is 1.35. The van der Waals surface area contributed by atoms with Crippen LogP contribution in [-0.4, -0.2) is 0 Å². The number of fused-ring (bicyclic) bond motifs is 1. The van der Waals surface area contributed by atoms with Gasteiger partial charge < -0.3 is 4.74 Å². The fourth-order valence-corrected chi connectivity index (χ4v) is 2.40. The molecule has 1 nitrogen and oxygen atoms in total. The Balaban J connectivity index is 2.59. The molecular formula is C13H18O. The van der Waals surface area contributed by atoms with Gasteiger partial charge in [0.1, 0.15) is 0 Å². The van der Waals surface area contributed by atoms with E-state index in [1.54, 1.807) is 0 Å². The zero-order valence-electron chi connectivity index (χ0n) is 9.42. The van der Waals surface area contributed by atoms with Gasteiger partial charge in [0.15, 0.2) is 0 Å². The van der Waals surface area contributed by atoms with Crippen molar-refractivity contribution >= 4 is 0 Å². The van der Waals surface area contributed by atoms with E-state index in [4.69, 9.17) is 4.74 Å². The molecule has 0 fully saturated rings. The van der Waals surface area contributed by atoms with Crippen molar-refractivity contribution in [2.24, 2.45) is 0 Å². The van der Waals surface area contributed by atoms with Crippen molar-refractivity contribution in [3.63, 3.8) is 0 Å². The molecule has 1 heteroatoms. The molecule has 0 amide bonds. The lowest BCUT2D eigenvalue weighted by Gasteiger charge is -2.19. The highest BCUT2D eigenvalue weighted by Crippen LogP contribution is 2.45. The zero-order valence-corrected chi connectivity index (χ0v) is 9.42. The Bertz CT molecular complexity index is 352. The molecule has 0 bridgehead atoms. The van der Waals surface area contributed by atoms with Gasteiger partial charge in [-0.1, -0.05) is 25.1 Å². The fourth-order valence-electron chi connectivity index (χ4n) is 2.40. The van der Waals surface area contributed by atoms with Crippen LogP contribution < -0.4 is 0 Å². The number of aryl methyl sites for hydroxylation is 1. The minimum absolute atomic E-state index is 0.109. The van der Waals surface area contributed by atoms with Gasteiger partial charge in [-0.15, -0.1) is 0 Å². The molecule has 1 aliphatic heterocycles. The lowest BCUT2D eigenvalue weighted by atomic mass is 9.91. The molecule has 0 saturated heterocycles. The predicted molar refractivity (Wildman–Crippen MR) is 58.3 cm³/mol. The molecule has 1 atom stereocenters. The van der Waals surface area contributed by atoms with Crippen LogP contribution in [-0.2, 0) is 10.3 Å². The van der Waals surface area contributed by atoms with E-state index in [1.807, 2.05) is 0 Å². The zero-order chi connectivity index (χ0) is 10.3. The number of rotatable bonds is 1. The molecule has 76 valence electrons. The summed E-state index contributed by atoms with van der Waals surface area (Å²) in [7, 11) is 0. The Hall–Kier alpha value is -0.820. The smallest absolute Gasteiger partial charge is 0.0887 e. The summed E-state index contributed by atoms with van der Waals surface area (Å²) >= 11 is 0. The molecular weight excluding hydrogens is 172 g/mol. The Morgan fingerprint density at radius 3 is 2.71 bits per heavy atom. The van der Waals surface area contributed by atoms with Crippen LogP contribution in [0.5, 0.6) is 0 Å². The molecule has 2 rings (SSSR count). The van der Waals surface area contributed by atoms with Crippen LogP contribution in [0.4, 0.5) is 0 Å². The third kappa shape index (κ3) is 1.27. The van der Waals surface area contributed by atoms with E-state index in [0.717, 1.165) is 6.42 Å². The lowest BCUT2D eigenvalue weighted by Crippen LogP contribution is -2.15. The van der Waals surface area contributed by atoms with Gasteiger partial charge in [-0.25, -0.2) is 0 Å². The van der Waals surface area contributed by atoms with Crippen LogP contribution in [0.2, 0.25) is 0 Å². The highest BCUT2D eigenvalue weighted by atomic mass is 16.5. The molecule has 1 heterocycles. The highest BCUT2D eigenvalue weighted by molar-refractivity contribution is 5.42. The van der Waals surface area contributed by atoms with Gasteiger partial charge in [-0.05, 0) is 43.9 Å². The van der Waals surface area contributed by atoms with Crippen molar-refractivity contribution in [2.75, 3.05) is 0 Å². The summed E-state index contributed by atoms with van der Waals surface area (Å²) in [4.78, 5) is 0. The molecule has 14 heavy (non-hydrogen) atoms. The van der Waals surface area contributed by atoms with Crippen LogP contribution >= 0.6 is 0 Å². The normalized spacial score (nSPS) is 23.6. The van der Waals surface area contributed by atoms with E-state index in [1.165, 1.54) is 16.7 Å². The van der Waals surface area contributed by atoms with E-state index in [2.05, 4.69) is 45.9 Å². The minimum atomic E-state index is -0.109. The van der Waals surface area contributed by atoms with Crippen molar-refractivity contribution in [2.45, 2.75) is 45.8 Å². The molecule has 1 aromatic carbocycles. The maximum absolute atomic E-state index is 6.05. The van der Waals surface area contributed by atoms with Crippen molar-refractivity contribution in [3.8, 4) is 0 Å². The van der Waals surface area contributed by atoms with Gasteiger partial charge in [0.2, 0.25) is 0 Å². The molecule has 0 aliphatic carbocycles. The van der Waals surface area contributed by atoms with E-state index < -0.39 is 0 Å². The van der Waals surface area contributed by atoms with Gasteiger partial charge in [-0.3, -0.25) is 0 Å². The van der Waals surface area contributed by atoms with Crippen molar-refractivity contribution in [3.05, 3.63) is 34.9 Å². The quantitative estimate of drug-likeness (QED) is 0.656. The Morgan fingerprint density at radius 2 is 2.07 bits per heavy atom. The lowest BCUT2D eigenvalue weighted by molar-refractivity contribution is -0.0533. The van der Waals surface area contributed by atoms with Gasteiger partial charge >= 0.3 is 0 Å². The summed E-state index contributed by atoms with van der Waals surface area (Å²) in [5, 5.41) is 0. The number of ether oxygens (including phenoxy) is 1. The Kier molecular flexibility index (Phi) is 2.15. The molecule has 1 unspecified atom stereocenters. The third-order valence-corrected chi connectivity index (χ3v) is 3.10. The molecule has 1 aliphatic rings. The predicted octanol–water partition coefficient (Wildman–Crippen LogP) is 3.71. The standard InChI is InChI=1S/C13H18O/c1-5-11-12-9(2)7-6-8-10(12)13(3,4)14-11/h6-8,11H,5H2,1-4H3. The van der Waals surface area contributed by atoms with E-state index >= 15 is 0 Å². The minimum Gasteiger partial charge on any atom is -0.363 e. The van der Waals surface area contributed by atoms with Gasteiger partial charge in [0.05, 0.1) is 11.7 Å². The van der Waals surface area contributed by atoms with Crippen LogP contribution in [0, 0.1) is 6.92 Å². The topological polar surface area (TPSA) is 9.23 Å². The van der Waals surface area contributed by atoms with E-state index in [9.17, 15) is 0 Å². The van der Waals surface area contributed by atoms with Crippen molar-refractivity contribution in [1.29, 1.82) is 0 Å². The van der Waals surface area contributed by atoms with Gasteiger partial charge in [0.25, 0.3) is 0 Å². The van der Waals surface area contributed by atoms with E-state index in [0.29, 0.717) is 6.10 Å². The van der Waals surface area contributed by atoms with Crippen LogP contribution in [0.3, 0.4) is 0 Å². The summed E-state index contributed by atoms with van der Waals surface area (Å²) in [6, 6.07) is 6.49. The molecule has 0 spiro atoms. The number of benzene rings is 1. The van der Waals surface area contributed by atoms with E-state index in [-0.39, 0.29) is 5.60 Å². The van der Waals surface area contributed by atoms with Crippen molar-refractivity contribution in [1.82, 2.24) is 0 Å². The van der Waals surface area contributed by atoms with Gasteiger partial charge in [0, 0.05) is 0 Å². The molecule has 0 radical (unpaired) electrons. The number of hydrogen-bond acceptors (Lipinski definition) is 1. The number of hydrogen-bond donors (Lipinski definition) is 0. The molecule has 0 saturated carbocycles. The summed E-state index contributed by atoms with van der Waals surface area (Å²) < 4.78 is 6.05. The first-order valence-electron chi connectivity index (χ1n) is 5.34. The first-order valence-corrected chi connectivity index (χ1v) is 5.34. The summed E-state index contributed by atoms with van der Waals surface area (Å²) in [5.41, 5.74) is 4.03. The first kappa shape index (κ1) is 9.72. The van der Waals surface area contributed by atoms with Crippen molar-refractivity contribution < 1.29 is 4.74 Å². The Morgan fingerprint density at radius 1 is 1.36 bits per heavy atom. The van der Waals surface area contributed by atoms with Gasteiger partial charge in [-0.2, -0.15) is 0 Å². The third-order valence-electron chi connectivity index (χ3n) is 3.10.